The van der Waals surface area contributed by atoms with Crippen LogP contribution < -0.4 is 21.3 Å². The molecule has 20 heavy (non-hydrogen) atoms. The fourth-order valence-electron chi connectivity index (χ4n) is 1.96. The third kappa shape index (κ3) is 1.85. The van der Waals surface area contributed by atoms with Gasteiger partial charge in [-0.25, -0.2) is 0 Å². The molecule has 5 nitrogen and oxygen atoms in total. The zero-order valence-electron chi connectivity index (χ0n) is 10.4. The Bertz CT molecular complexity index is 834. The average Bonchev–Trinajstić information content (AvgIpc) is 2.50. The molecule has 1 heterocycles. The van der Waals surface area contributed by atoms with E-state index in [1.165, 1.54) is 12.4 Å². The van der Waals surface area contributed by atoms with E-state index >= 15 is 0 Å². The summed E-state index contributed by atoms with van der Waals surface area (Å²) >= 11 is 0. The van der Waals surface area contributed by atoms with Crippen molar-refractivity contribution >= 4 is 5.69 Å². The monoisotopic (exact) mass is 266 g/mol. The van der Waals surface area contributed by atoms with Crippen LogP contribution in [0.25, 0.3) is 11.1 Å². The summed E-state index contributed by atoms with van der Waals surface area (Å²) in [4.78, 5) is 26.8. The second-order valence-corrected chi connectivity index (χ2v) is 4.23. The summed E-state index contributed by atoms with van der Waals surface area (Å²) in [5.41, 5.74) is 4.99. The zero-order valence-corrected chi connectivity index (χ0v) is 10.4. The predicted molar refractivity (Wildman–Crippen MR) is 75.5 cm³/mol. The molecule has 0 radical (unpaired) electrons. The normalized spacial score (nSPS) is 10.6. The summed E-state index contributed by atoms with van der Waals surface area (Å²) in [6.45, 7) is 0. The molecule has 5 heteroatoms. The fraction of sp³-hybridized carbons (Fsp3) is 0. The quantitative estimate of drug-likeness (QED) is 0.730. The van der Waals surface area contributed by atoms with Crippen LogP contribution in [0.3, 0.4) is 0 Å². The average molecular weight is 266 g/mol. The molecule has 0 aliphatic heterocycles. The first-order valence-corrected chi connectivity index (χ1v) is 5.94. The van der Waals surface area contributed by atoms with Crippen LogP contribution in [0.4, 0.5) is 5.69 Å². The van der Waals surface area contributed by atoms with Crippen LogP contribution >= 0.6 is 0 Å². The van der Waals surface area contributed by atoms with Crippen molar-refractivity contribution in [3.05, 3.63) is 69.2 Å². The van der Waals surface area contributed by atoms with Gasteiger partial charge in [-0.15, -0.1) is 0 Å². The minimum absolute atomic E-state index is 0.0286. The van der Waals surface area contributed by atoms with E-state index in [2.05, 4.69) is 4.98 Å². The first-order valence-electron chi connectivity index (χ1n) is 5.94. The number of benzene rings is 1. The summed E-state index contributed by atoms with van der Waals surface area (Å²) in [6, 6.07) is 10.7. The van der Waals surface area contributed by atoms with Crippen LogP contribution in [0, 0.1) is 0 Å². The van der Waals surface area contributed by atoms with Crippen molar-refractivity contribution in [2.24, 2.45) is 0 Å². The van der Waals surface area contributed by atoms with Gasteiger partial charge in [0.15, 0.2) is 5.75 Å². The number of nitrogens with two attached hydrogens (primary N) is 1. The second-order valence-electron chi connectivity index (χ2n) is 4.23. The molecular weight excluding hydrogens is 256 g/mol. The Morgan fingerprint density at radius 3 is 2.45 bits per heavy atom. The largest absolute Gasteiger partial charge is 0.455 e. The maximum atomic E-state index is 11.6. The molecular formula is C15H10N2O3. The summed E-state index contributed by atoms with van der Waals surface area (Å²) < 4.78 is 5.68. The van der Waals surface area contributed by atoms with Gasteiger partial charge in [-0.3, -0.25) is 14.6 Å². The summed E-state index contributed by atoms with van der Waals surface area (Å²) in [7, 11) is 0. The van der Waals surface area contributed by atoms with Gasteiger partial charge in [0.1, 0.15) is 5.75 Å². The van der Waals surface area contributed by atoms with Crippen LogP contribution in [-0.4, -0.2) is 4.98 Å². The highest BCUT2D eigenvalue weighted by molar-refractivity contribution is 5.83. The molecule has 0 saturated heterocycles. The highest BCUT2D eigenvalue weighted by atomic mass is 16.5. The van der Waals surface area contributed by atoms with Crippen LogP contribution in [0.1, 0.15) is 0 Å². The molecule has 0 amide bonds. The number of para-hydroxylation sites is 1. The van der Waals surface area contributed by atoms with E-state index in [-0.39, 0.29) is 11.3 Å². The molecule has 0 fully saturated rings. The van der Waals surface area contributed by atoms with Gasteiger partial charge in [-0.2, -0.15) is 0 Å². The Balaban J connectivity index is 2.06. The van der Waals surface area contributed by atoms with Crippen molar-refractivity contribution < 1.29 is 4.74 Å². The zero-order chi connectivity index (χ0) is 14.1. The number of nitrogens with zero attached hydrogens (tertiary/aromatic N) is 1. The predicted octanol–water partition coefficient (Wildman–Crippen LogP) is 1.72. The number of hydrogen-bond donors (Lipinski definition) is 1. The fourth-order valence-corrected chi connectivity index (χ4v) is 1.96. The maximum Gasteiger partial charge on any atom is 0.249 e. The van der Waals surface area contributed by atoms with E-state index in [9.17, 15) is 9.59 Å². The molecule has 0 spiro atoms. The Kier molecular flexibility index (Phi) is 2.80. The molecule has 0 unspecified atom stereocenters. The Labute approximate surface area is 114 Å². The molecule has 0 atom stereocenters. The lowest BCUT2D eigenvalue weighted by molar-refractivity contribution is 0.482. The van der Waals surface area contributed by atoms with Crippen molar-refractivity contribution in [3.63, 3.8) is 0 Å². The van der Waals surface area contributed by atoms with Crippen LogP contribution in [-0.2, 0) is 0 Å². The first kappa shape index (κ1) is 12.1. The van der Waals surface area contributed by atoms with Crippen molar-refractivity contribution in [1.29, 1.82) is 0 Å². The summed E-state index contributed by atoms with van der Waals surface area (Å²) in [5, 5.41) is 0. The third-order valence-corrected chi connectivity index (χ3v) is 2.97. The van der Waals surface area contributed by atoms with Gasteiger partial charge in [-0.1, -0.05) is 18.2 Å². The molecule has 3 rings (SSSR count). The lowest BCUT2D eigenvalue weighted by Crippen LogP contribution is -2.35. The van der Waals surface area contributed by atoms with Crippen molar-refractivity contribution in [2.75, 3.05) is 5.73 Å². The van der Waals surface area contributed by atoms with Crippen molar-refractivity contribution in [3.8, 4) is 22.6 Å². The number of aromatic nitrogens is 1. The molecule has 98 valence electrons. The van der Waals surface area contributed by atoms with Gasteiger partial charge < -0.3 is 10.5 Å². The SMILES string of the molecule is Nc1c(-c2ccncc2Oc2ccccc2)c(=O)c1=O. The smallest absolute Gasteiger partial charge is 0.249 e. The van der Waals surface area contributed by atoms with E-state index < -0.39 is 10.9 Å². The van der Waals surface area contributed by atoms with Crippen LogP contribution in [0.15, 0.2) is 58.4 Å². The van der Waals surface area contributed by atoms with E-state index in [4.69, 9.17) is 10.5 Å². The van der Waals surface area contributed by atoms with Crippen molar-refractivity contribution in [1.82, 2.24) is 4.98 Å². The maximum absolute atomic E-state index is 11.6. The lowest BCUT2D eigenvalue weighted by Gasteiger charge is -2.12. The summed E-state index contributed by atoms with van der Waals surface area (Å²) in [6.07, 6.45) is 3.00. The molecule has 2 N–H and O–H groups in total. The standard InChI is InChI=1S/C15H10N2O3/c16-13-12(14(18)15(13)19)10-6-7-17-8-11(10)20-9-4-2-1-3-5-9/h1-8H,16H2. The van der Waals surface area contributed by atoms with E-state index in [1.807, 2.05) is 18.2 Å². The van der Waals surface area contributed by atoms with Crippen molar-refractivity contribution in [2.45, 2.75) is 0 Å². The first-order chi connectivity index (χ1) is 9.68. The third-order valence-electron chi connectivity index (χ3n) is 2.97. The van der Waals surface area contributed by atoms with Crippen LogP contribution in [0.5, 0.6) is 11.5 Å². The van der Waals surface area contributed by atoms with E-state index in [1.54, 1.807) is 18.2 Å². The van der Waals surface area contributed by atoms with Gasteiger partial charge in [0.2, 0.25) is 10.9 Å². The number of rotatable bonds is 3. The highest BCUT2D eigenvalue weighted by Gasteiger charge is 2.22. The molecule has 3 aromatic rings. The Hall–Kier alpha value is -2.95. The number of ether oxygens (including phenoxy) is 1. The van der Waals surface area contributed by atoms with Gasteiger partial charge in [0.25, 0.3) is 0 Å². The van der Waals surface area contributed by atoms with E-state index in [0.29, 0.717) is 17.1 Å². The summed E-state index contributed by atoms with van der Waals surface area (Å²) in [5.74, 6) is 0.997. The number of nitrogen functional groups attached to an aromatic ring is 1. The van der Waals surface area contributed by atoms with Gasteiger partial charge in [-0.05, 0) is 18.2 Å². The minimum atomic E-state index is -0.650. The number of hydrogen-bond acceptors (Lipinski definition) is 5. The molecule has 0 aliphatic rings. The highest BCUT2D eigenvalue weighted by Crippen LogP contribution is 2.33. The molecule has 0 bridgehead atoms. The van der Waals surface area contributed by atoms with Gasteiger partial charge in [0.05, 0.1) is 17.4 Å². The second kappa shape index (κ2) is 4.62. The van der Waals surface area contributed by atoms with Gasteiger partial charge in [0, 0.05) is 11.8 Å². The molecule has 0 aliphatic carbocycles. The molecule has 0 saturated carbocycles. The topological polar surface area (TPSA) is 82.3 Å². The number of pyridine rings is 1. The molecule has 2 aromatic carbocycles. The Morgan fingerprint density at radius 1 is 1.00 bits per heavy atom. The van der Waals surface area contributed by atoms with Crippen LogP contribution in [0.2, 0.25) is 0 Å². The minimum Gasteiger partial charge on any atom is -0.455 e. The molecule has 1 aromatic heterocycles. The van der Waals surface area contributed by atoms with Gasteiger partial charge >= 0.3 is 0 Å². The van der Waals surface area contributed by atoms with E-state index in [0.717, 1.165) is 0 Å². The Morgan fingerprint density at radius 2 is 1.75 bits per heavy atom. The lowest BCUT2D eigenvalue weighted by atomic mass is 9.99. The number of anilines is 1.